The maximum atomic E-state index is 12.0. The predicted molar refractivity (Wildman–Crippen MR) is 108 cm³/mol. The summed E-state index contributed by atoms with van der Waals surface area (Å²) in [6.45, 7) is 5.96. The summed E-state index contributed by atoms with van der Waals surface area (Å²) in [4.78, 5) is 9.42. The van der Waals surface area contributed by atoms with Crippen molar-refractivity contribution in [2.75, 3.05) is 16.8 Å². The van der Waals surface area contributed by atoms with E-state index in [9.17, 15) is 4.21 Å². The van der Waals surface area contributed by atoms with Crippen LogP contribution in [0.1, 0.15) is 32.2 Å². The van der Waals surface area contributed by atoms with Crippen LogP contribution in [0.4, 0.5) is 17.5 Å². The van der Waals surface area contributed by atoms with Crippen molar-refractivity contribution < 1.29 is 8.63 Å². The minimum Gasteiger partial charge on any atom is -0.420 e. The molecule has 0 fully saturated rings. The van der Waals surface area contributed by atoms with Gasteiger partial charge in [-0.3, -0.25) is 4.21 Å². The van der Waals surface area contributed by atoms with Crippen molar-refractivity contribution >= 4 is 34.3 Å². The van der Waals surface area contributed by atoms with Crippen LogP contribution in [0, 0.1) is 0 Å². The Hall–Kier alpha value is -3.07. The van der Waals surface area contributed by atoms with Crippen LogP contribution < -0.4 is 11.1 Å². The lowest BCUT2D eigenvalue weighted by Crippen LogP contribution is -2.11. The van der Waals surface area contributed by atoms with E-state index in [0.717, 1.165) is 16.1 Å². The van der Waals surface area contributed by atoms with E-state index in [1.165, 1.54) is 0 Å². The summed E-state index contributed by atoms with van der Waals surface area (Å²) in [5, 5.41) is 11.2. The van der Waals surface area contributed by atoms with Crippen molar-refractivity contribution in [3.8, 4) is 11.5 Å². The zero-order chi connectivity index (χ0) is 19.9. The highest BCUT2D eigenvalue weighted by molar-refractivity contribution is 7.85. The van der Waals surface area contributed by atoms with Gasteiger partial charge in [-0.15, -0.1) is 10.2 Å². The number of benzene rings is 1. The zero-order valence-corrected chi connectivity index (χ0v) is 16.6. The Morgan fingerprint density at radius 2 is 2.07 bits per heavy atom. The Labute approximate surface area is 164 Å². The molecular formula is C19H20N6O2S. The molecule has 0 saturated carbocycles. The molecule has 3 heterocycles. The SMILES string of the molecule is CC(C)(C)c1nnc(-c2cnc(Nc3ccc4c(c3)C=CCS4=O)nc2N)o1. The van der Waals surface area contributed by atoms with Crippen LogP contribution >= 0.6 is 0 Å². The summed E-state index contributed by atoms with van der Waals surface area (Å²) in [5.41, 5.74) is 8.01. The quantitative estimate of drug-likeness (QED) is 0.692. The molecule has 2 aromatic heterocycles. The molecule has 0 amide bonds. The van der Waals surface area contributed by atoms with Gasteiger partial charge in [0.1, 0.15) is 5.82 Å². The van der Waals surface area contributed by atoms with Crippen molar-refractivity contribution in [2.45, 2.75) is 31.1 Å². The van der Waals surface area contributed by atoms with E-state index in [4.69, 9.17) is 10.2 Å². The van der Waals surface area contributed by atoms with Crippen LogP contribution in [0.2, 0.25) is 0 Å². The molecule has 1 aliphatic rings. The number of rotatable bonds is 3. The molecule has 0 spiro atoms. The second-order valence-corrected chi connectivity index (χ2v) is 8.91. The van der Waals surface area contributed by atoms with E-state index in [-0.39, 0.29) is 17.1 Å². The van der Waals surface area contributed by atoms with Crippen LogP contribution in [0.25, 0.3) is 17.5 Å². The van der Waals surface area contributed by atoms with E-state index in [1.54, 1.807) is 6.20 Å². The van der Waals surface area contributed by atoms with Crippen molar-refractivity contribution in [1.29, 1.82) is 0 Å². The lowest BCUT2D eigenvalue weighted by Gasteiger charge is -2.13. The first-order valence-corrected chi connectivity index (χ1v) is 10.1. The van der Waals surface area contributed by atoms with Crippen LogP contribution in [0.3, 0.4) is 0 Å². The Kier molecular flexibility index (Phi) is 4.46. The standard InChI is InChI=1S/C19H20N6O2S/c1-19(2,3)17-25-24-16(27-17)13-10-21-18(23-15(13)20)22-12-6-7-14-11(9-12)5-4-8-28(14)26/h4-7,9-10H,8H2,1-3H3,(H3,20,21,22,23). The molecule has 1 atom stereocenters. The molecule has 0 bridgehead atoms. The number of hydrogen-bond acceptors (Lipinski definition) is 8. The molecule has 3 aromatic rings. The Balaban J connectivity index is 1.58. The van der Waals surface area contributed by atoms with Crippen molar-refractivity contribution in [3.05, 3.63) is 41.9 Å². The van der Waals surface area contributed by atoms with Gasteiger partial charge in [0.25, 0.3) is 5.89 Å². The molecule has 9 heteroatoms. The number of anilines is 3. The third kappa shape index (κ3) is 3.53. The fourth-order valence-corrected chi connectivity index (χ4v) is 3.76. The fourth-order valence-electron chi connectivity index (χ4n) is 2.70. The molecular weight excluding hydrogens is 376 g/mol. The second kappa shape index (κ2) is 6.83. The molecule has 28 heavy (non-hydrogen) atoms. The largest absolute Gasteiger partial charge is 0.420 e. The van der Waals surface area contributed by atoms with Gasteiger partial charge in [0, 0.05) is 27.9 Å². The van der Waals surface area contributed by atoms with Crippen LogP contribution in [0.5, 0.6) is 0 Å². The lowest BCUT2D eigenvalue weighted by atomic mass is 9.97. The van der Waals surface area contributed by atoms with Crippen LogP contribution in [-0.4, -0.2) is 30.1 Å². The molecule has 3 N–H and O–H groups in total. The van der Waals surface area contributed by atoms with Gasteiger partial charge in [-0.05, 0) is 23.8 Å². The van der Waals surface area contributed by atoms with E-state index < -0.39 is 10.8 Å². The fraction of sp³-hybridized carbons (Fsp3) is 0.263. The smallest absolute Gasteiger partial charge is 0.253 e. The summed E-state index contributed by atoms with van der Waals surface area (Å²) < 4.78 is 17.7. The predicted octanol–water partition coefficient (Wildman–Crippen LogP) is 3.28. The van der Waals surface area contributed by atoms with Gasteiger partial charge in [0.05, 0.1) is 16.4 Å². The first-order valence-electron chi connectivity index (χ1n) is 8.74. The number of fused-ring (bicyclic) bond motifs is 1. The van der Waals surface area contributed by atoms with E-state index in [2.05, 4.69) is 25.5 Å². The van der Waals surface area contributed by atoms with Crippen molar-refractivity contribution in [1.82, 2.24) is 20.2 Å². The summed E-state index contributed by atoms with van der Waals surface area (Å²) in [6.07, 6.45) is 5.42. The number of nitrogen functional groups attached to an aromatic ring is 1. The molecule has 1 aromatic carbocycles. The third-order valence-corrected chi connectivity index (χ3v) is 5.53. The van der Waals surface area contributed by atoms with Gasteiger partial charge in [-0.1, -0.05) is 32.9 Å². The minimum absolute atomic E-state index is 0.237. The Morgan fingerprint density at radius 3 is 2.79 bits per heavy atom. The van der Waals surface area contributed by atoms with Gasteiger partial charge in [-0.25, -0.2) is 4.98 Å². The maximum absolute atomic E-state index is 12.0. The van der Waals surface area contributed by atoms with Crippen LogP contribution in [0.15, 0.2) is 39.8 Å². The molecule has 4 rings (SSSR count). The van der Waals surface area contributed by atoms with Crippen molar-refractivity contribution in [3.63, 3.8) is 0 Å². The zero-order valence-electron chi connectivity index (χ0n) is 15.8. The number of nitrogens with two attached hydrogens (primary N) is 1. The molecule has 144 valence electrons. The monoisotopic (exact) mass is 396 g/mol. The van der Waals surface area contributed by atoms with E-state index in [1.807, 2.05) is 51.1 Å². The normalized spacial score (nSPS) is 16.0. The minimum atomic E-state index is -0.992. The third-order valence-electron chi connectivity index (χ3n) is 4.17. The van der Waals surface area contributed by atoms with E-state index >= 15 is 0 Å². The first kappa shape index (κ1) is 18.3. The Bertz CT molecular complexity index is 1100. The topological polar surface area (TPSA) is 120 Å². The second-order valence-electron chi connectivity index (χ2n) is 7.45. The van der Waals surface area contributed by atoms with Crippen molar-refractivity contribution in [2.24, 2.45) is 0 Å². The highest BCUT2D eigenvalue weighted by Gasteiger charge is 2.23. The molecule has 1 unspecified atom stereocenters. The van der Waals surface area contributed by atoms with Gasteiger partial charge >= 0.3 is 0 Å². The van der Waals surface area contributed by atoms with Gasteiger partial charge in [0.15, 0.2) is 0 Å². The number of hydrogen-bond donors (Lipinski definition) is 2. The summed E-state index contributed by atoms with van der Waals surface area (Å²) >= 11 is 0. The molecule has 0 aliphatic carbocycles. The molecule has 0 saturated heterocycles. The summed E-state index contributed by atoms with van der Waals surface area (Å²) in [6, 6.07) is 5.60. The molecule has 1 aliphatic heterocycles. The summed E-state index contributed by atoms with van der Waals surface area (Å²) in [5.74, 6) is 1.94. The lowest BCUT2D eigenvalue weighted by molar-refractivity contribution is 0.399. The van der Waals surface area contributed by atoms with Gasteiger partial charge in [-0.2, -0.15) is 4.98 Å². The number of nitrogens with zero attached hydrogens (tertiary/aromatic N) is 4. The Morgan fingerprint density at radius 1 is 1.25 bits per heavy atom. The van der Waals surface area contributed by atoms with E-state index in [0.29, 0.717) is 23.2 Å². The first-order chi connectivity index (χ1) is 13.3. The molecule has 8 nitrogen and oxygen atoms in total. The average molecular weight is 396 g/mol. The number of aromatic nitrogens is 4. The average Bonchev–Trinajstić information content (AvgIpc) is 3.12. The highest BCUT2D eigenvalue weighted by atomic mass is 32.2. The van der Waals surface area contributed by atoms with Crippen LogP contribution in [-0.2, 0) is 16.2 Å². The number of nitrogens with one attached hydrogen (secondary N) is 1. The highest BCUT2D eigenvalue weighted by Crippen LogP contribution is 2.29. The summed E-state index contributed by atoms with van der Waals surface area (Å²) in [7, 11) is -0.992. The molecule has 0 radical (unpaired) electrons. The van der Waals surface area contributed by atoms with Gasteiger partial charge in [0.2, 0.25) is 11.8 Å². The van der Waals surface area contributed by atoms with Gasteiger partial charge < -0.3 is 15.5 Å². The maximum Gasteiger partial charge on any atom is 0.253 e.